The average molecular weight is 305 g/mol. The monoisotopic (exact) mass is 305 g/mol. The molecule has 21 heavy (non-hydrogen) atoms. The number of H-pyrrole nitrogens is 1. The second-order valence-corrected chi connectivity index (χ2v) is 6.68. The van der Waals surface area contributed by atoms with Crippen molar-refractivity contribution in [3.8, 4) is 0 Å². The zero-order chi connectivity index (χ0) is 14.9. The van der Waals surface area contributed by atoms with Crippen LogP contribution in [0.25, 0.3) is 0 Å². The highest BCUT2D eigenvalue weighted by molar-refractivity contribution is 7.89. The Morgan fingerprint density at radius 3 is 2.86 bits per heavy atom. The smallest absolute Gasteiger partial charge is 0.240 e. The molecule has 2 aromatic rings. The molecule has 0 fully saturated rings. The van der Waals surface area contributed by atoms with Gasteiger partial charge in [0.25, 0.3) is 0 Å². The number of hydrogen-bond acceptors (Lipinski definition) is 3. The molecule has 1 aliphatic rings. The topological polar surface area (TPSA) is 91.1 Å². The summed E-state index contributed by atoms with van der Waals surface area (Å²) in [7, 11) is -3.55. The molecule has 7 heteroatoms. The van der Waals surface area contributed by atoms with Crippen molar-refractivity contribution in [1.82, 2.24) is 9.71 Å². The van der Waals surface area contributed by atoms with E-state index in [1.54, 1.807) is 18.3 Å². The molecule has 6 nitrogen and oxygen atoms in total. The van der Waals surface area contributed by atoms with Crippen LogP contribution in [-0.4, -0.2) is 25.9 Å². The molecule has 1 amide bonds. The van der Waals surface area contributed by atoms with Gasteiger partial charge in [-0.3, -0.25) is 4.79 Å². The lowest BCUT2D eigenvalue weighted by molar-refractivity contribution is -0.115. The fraction of sp³-hybridized carbons (Fsp3) is 0.214. The van der Waals surface area contributed by atoms with Gasteiger partial charge in [0, 0.05) is 24.6 Å². The third kappa shape index (κ3) is 2.98. The van der Waals surface area contributed by atoms with E-state index in [1.807, 2.05) is 12.3 Å². The average Bonchev–Trinajstić information content (AvgIpc) is 3.05. The fourth-order valence-corrected chi connectivity index (χ4v) is 3.38. The molecule has 0 saturated heterocycles. The Hall–Kier alpha value is -2.12. The highest BCUT2D eigenvalue weighted by Crippen LogP contribution is 2.25. The predicted octanol–water partition coefficient (Wildman–Crippen LogP) is 1.03. The van der Waals surface area contributed by atoms with Crippen LogP contribution in [0.5, 0.6) is 0 Å². The van der Waals surface area contributed by atoms with Gasteiger partial charge in [0.15, 0.2) is 0 Å². The molecule has 3 N–H and O–H groups in total. The van der Waals surface area contributed by atoms with Crippen LogP contribution in [0, 0.1) is 0 Å². The first-order chi connectivity index (χ1) is 10.0. The van der Waals surface area contributed by atoms with E-state index in [-0.39, 0.29) is 17.2 Å². The van der Waals surface area contributed by atoms with E-state index >= 15 is 0 Å². The van der Waals surface area contributed by atoms with Gasteiger partial charge in [0.05, 0.1) is 11.3 Å². The van der Waals surface area contributed by atoms with Gasteiger partial charge in [-0.05, 0) is 41.8 Å². The molecule has 0 unspecified atom stereocenters. The molecule has 0 radical (unpaired) electrons. The van der Waals surface area contributed by atoms with Crippen LogP contribution < -0.4 is 10.0 Å². The number of aromatic amines is 1. The van der Waals surface area contributed by atoms with Gasteiger partial charge < -0.3 is 10.3 Å². The van der Waals surface area contributed by atoms with Crippen molar-refractivity contribution in [2.75, 3.05) is 11.9 Å². The van der Waals surface area contributed by atoms with Gasteiger partial charge in [0.2, 0.25) is 15.9 Å². The van der Waals surface area contributed by atoms with Crippen molar-refractivity contribution in [1.29, 1.82) is 0 Å². The molecule has 0 spiro atoms. The molecule has 1 aliphatic heterocycles. The van der Waals surface area contributed by atoms with Crippen LogP contribution >= 0.6 is 0 Å². The summed E-state index contributed by atoms with van der Waals surface area (Å²) in [6, 6.07) is 6.58. The number of benzene rings is 1. The number of hydrogen-bond donors (Lipinski definition) is 3. The van der Waals surface area contributed by atoms with Gasteiger partial charge in [-0.2, -0.15) is 0 Å². The molecule has 0 atom stereocenters. The summed E-state index contributed by atoms with van der Waals surface area (Å²) < 4.78 is 27.0. The minimum Gasteiger partial charge on any atom is -0.367 e. The number of sulfonamides is 1. The Balaban J connectivity index is 1.70. The molecule has 0 aliphatic carbocycles. The lowest BCUT2D eigenvalue weighted by Gasteiger charge is -2.07. The molecular weight excluding hydrogens is 290 g/mol. The van der Waals surface area contributed by atoms with E-state index < -0.39 is 10.0 Å². The van der Waals surface area contributed by atoms with Gasteiger partial charge >= 0.3 is 0 Å². The van der Waals surface area contributed by atoms with Crippen molar-refractivity contribution in [2.24, 2.45) is 0 Å². The number of nitrogens with one attached hydrogen (secondary N) is 3. The maximum atomic E-state index is 12.2. The first-order valence-electron chi connectivity index (χ1n) is 6.59. The van der Waals surface area contributed by atoms with Gasteiger partial charge in [-0.1, -0.05) is 0 Å². The first kappa shape index (κ1) is 13.8. The van der Waals surface area contributed by atoms with Crippen LogP contribution in [0.4, 0.5) is 5.69 Å². The summed E-state index contributed by atoms with van der Waals surface area (Å²) in [6.45, 7) is 0.328. The van der Waals surface area contributed by atoms with Crippen LogP contribution in [0.15, 0.2) is 41.6 Å². The summed E-state index contributed by atoms with van der Waals surface area (Å²) in [5, 5.41) is 2.68. The van der Waals surface area contributed by atoms with Crippen molar-refractivity contribution in [3.05, 3.63) is 47.8 Å². The number of fused-ring (bicyclic) bond motifs is 1. The maximum Gasteiger partial charge on any atom is 0.240 e. The minimum absolute atomic E-state index is 0.111. The summed E-state index contributed by atoms with van der Waals surface area (Å²) in [5.41, 5.74) is 2.45. The zero-order valence-electron chi connectivity index (χ0n) is 11.2. The van der Waals surface area contributed by atoms with Gasteiger partial charge in [-0.15, -0.1) is 0 Å². The summed E-state index contributed by atoms with van der Waals surface area (Å²) in [5.74, 6) is -0.111. The number of anilines is 1. The lowest BCUT2D eigenvalue weighted by atomic mass is 10.2. The fourth-order valence-electron chi connectivity index (χ4n) is 2.30. The SMILES string of the molecule is O=C1Cc2cc(S(=O)(=O)NCCc3cc[nH]c3)ccc2N1. The second kappa shape index (κ2) is 5.34. The summed E-state index contributed by atoms with van der Waals surface area (Å²) in [6.07, 6.45) is 4.48. The Bertz CT molecular complexity index is 767. The quantitative estimate of drug-likeness (QED) is 0.770. The summed E-state index contributed by atoms with van der Waals surface area (Å²) in [4.78, 5) is 14.4. The Labute approximate surface area is 122 Å². The lowest BCUT2D eigenvalue weighted by Crippen LogP contribution is -2.26. The van der Waals surface area contributed by atoms with E-state index in [9.17, 15) is 13.2 Å². The second-order valence-electron chi connectivity index (χ2n) is 4.91. The Kier molecular flexibility index (Phi) is 3.52. The van der Waals surface area contributed by atoms with Crippen molar-refractivity contribution < 1.29 is 13.2 Å². The number of amides is 1. The van der Waals surface area contributed by atoms with E-state index in [2.05, 4.69) is 15.0 Å². The maximum absolute atomic E-state index is 12.2. The predicted molar refractivity (Wildman–Crippen MR) is 78.5 cm³/mol. The summed E-state index contributed by atoms with van der Waals surface area (Å²) >= 11 is 0. The first-order valence-corrected chi connectivity index (χ1v) is 8.07. The highest BCUT2D eigenvalue weighted by atomic mass is 32.2. The van der Waals surface area contributed by atoms with Gasteiger partial charge in [-0.25, -0.2) is 13.1 Å². The molecule has 2 heterocycles. The molecule has 0 saturated carbocycles. The van der Waals surface area contributed by atoms with Crippen LogP contribution in [0.1, 0.15) is 11.1 Å². The number of aromatic nitrogens is 1. The van der Waals surface area contributed by atoms with E-state index in [1.165, 1.54) is 6.07 Å². The van der Waals surface area contributed by atoms with Crippen molar-refractivity contribution in [2.45, 2.75) is 17.7 Å². The standard InChI is InChI=1S/C14H15N3O3S/c18-14-8-11-7-12(1-2-13(11)17-14)21(19,20)16-6-4-10-3-5-15-9-10/h1-3,5,7,9,15-16H,4,6,8H2,(H,17,18). The zero-order valence-corrected chi connectivity index (χ0v) is 12.0. The molecule has 110 valence electrons. The minimum atomic E-state index is -3.55. The van der Waals surface area contributed by atoms with Crippen LogP contribution in [0.3, 0.4) is 0 Å². The highest BCUT2D eigenvalue weighted by Gasteiger charge is 2.21. The normalized spacial score (nSPS) is 14.0. The molecule has 1 aromatic heterocycles. The third-order valence-electron chi connectivity index (χ3n) is 3.38. The molecule has 0 bridgehead atoms. The molecule has 3 rings (SSSR count). The van der Waals surface area contributed by atoms with Crippen molar-refractivity contribution in [3.63, 3.8) is 0 Å². The Morgan fingerprint density at radius 2 is 2.10 bits per heavy atom. The van der Waals surface area contributed by atoms with Crippen molar-refractivity contribution >= 4 is 21.6 Å². The third-order valence-corrected chi connectivity index (χ3v) is 4.84. The number of carbonyl (C=O) groups excluding carboxylic acids is 1. The molecular formula is C14H15N3O3S. The number of carbonyl (C=O) groups is 1. The Morgan fingerprint density at radius 1 is 1.24 bits per heavy atom. The molecule has 1 aromatic carbocycles. The largest absolute Gasteiger partial charge is 0.367 e. The van der Waals surface area contributed by atoms with Gasteiger partial charge in [0.1, 0.15) is 0 Å². The van der Waals surface area contributed by atoms with Crippen LogP contribution in [0.2, 0.25) is 0 Å². The van der Waals surface area contributed by atoms with E-state index in [0.29, 0.717) is 24.2 Å². The van der Waals surface area contributed by atoms with E-state index in [4.69, 9.17) is 0 Å². The van der Waals surface area contributed by atoms with E-state index in [0.717, 1.165) is 5.56 Å². The number of rotatable bonds is 5. The van der Waals surface area contributed by atoms with Crippen LogP contribution in [-0.2, 0) is 27.7 Å².